The average molecular weight is 220 g/mol. The predicted molar refractivity (Wildman–Crippen MR) is 67.4 cm³/mol. The maximum absolute atomic E-state index is 10.1. The fourth-order valence-corrected chi connectivity index (χ4v) is 2.39. The summed E-state index contributed by atoms with van der Waals surface area (Å²) in [5.41, 5.74) is 0. The molecule has 0 saturated heterocycles. The van der Waals surface area contributed by atoms with Gasteiger partial charge in [0.05, 0.1) is 0 Å². The number of aldehydes is 1. The molecule has 0 aliphatic rings. The zero-order valence-corrected chi connectivity index (χ0v) is 12.5. The van der Waals surface area contributed by atoms with Crippen LogP contribution in [0.2, 0.25) is 3.67 Å². The summed E-state index contributed by atoms with van der Waals surface area (Å²) in [5, 5.41) is 0. The van der Waals surface area contributed by atoms with Gasteiger partial charge in [-0.1, -0.05) is 0 Å². The molecule has 0 fully saturated rings. The van der Waals surface area contributed by atoms with Crippen LogP contribution in [0.15, 0.2) is 0 Å². The summed E-state index contributed by atoms with van der Waals surface area (Å²) in [6.07, 6.45) is 15.5. The molecule has 0 heterocycles. The quantitative estimate of drug-likeness (QED) is 0.275. The zero-order valence-electron chi connectivity index (χ0n) is 10.5. The molecule has 0 radical (unpaired) electrons. The summed E-state index contributed by atoms with van der Waals surface area (Å²) in [6.45, 7) is 0. The molecule has 0 rings (SSSR count). The molecule has 0 aromatic carbocycles. The van der Waals surface area contributed by atoms with E-state index in [1.807, 2.05) is 0 Å². The number of carbonyl (C=O) groups excluding carboxylic acids is 1. The Morgan fingerprint density at radius 1 is 0.667 bits per heavy atom. The maximum atomic E-state index is 10.1. The van der Waals surface area contributed by atoms with Crippen LogP contribution in [0.5, 0.6) is 0 Å². The van der Waals surface area contributed by atoms with Crippen molar-refractivity contribution in [2.24, 2.45) is 0 Å². The van der Waals surface area contributed by atoms with E-state index in [9.17, 15) is 4.79 Å². The van der Waals surface area contributed by atoms with Crippen molar-refractivity contribution in [1.82, 2.24) is 0 Å². The molecule has 0 unspecified atom stereocenters. The molecule has 0 amide bonds. The van der Waals surface area contributed by atoms with Gasteiger partial charge in [0.25, 0.3) is 0 Å². The summed E-state index contributed by atoms with van der Waals surface area (Å²) in [7, 11) is 0. The first-order valence-electron chi connectivity index (χ1n) is 6.85. The summed E-state index contributed by atoms with van der Waals surface area (Å²) < 4.78 is 1.48. The van der Waals surface area contributed by atoms with Gasteiger partial charge in [-0.05, 0) is 0 Å². The second kappa shape index (κ2) is 14.7. The van der Waals surface area contributed by atoms with Gasteiger partial charge in [-0.25, -0.2) is 0 Å². The van der Waals surface area contributed by atoms with Crippen LogP contribution in [0, 0.1) is 0 Å². The molecule has 0 saturated carbocycles. The van der Waals surface area contributed by atoms with E-state index in [2.05, 4.69) is 0 Å². The van der Waals surface area contributed by atoms with Crippen molar-refractivity contribution in [2.45, 2.75) is 74.3 Å². The second-order valence-corrected chi connectivity index (χ2v) is 5.49. The molecule has 15 heavy (non-hydrogen) atoms. The SMILES string of the molecule is O=CCCCCCCCCCCC[CH2][Na]. The van der Waals surface area contributed by atoms with Gasteiger partial charge in [-0.2, -0.15) is 0 Å². The first-order valence-corrected chi connectivity index (χ1v) is 8.27. The van der Waals surface area contributed by atoms with E-state index in [1.54, 1.807) is 0 Å². The van der Waals surface area contributed by atoms with Gasteiger partial charge in [-0.15, -0.1) is 0 Å². The van der Waals surface area contributed by atoms with Crippen molar-refractivity contribution >= 4 is 34.2 Å². The van der Waals surface area contributed by atoms with E-state index >= 15 is 0 Å². The number of rotatable bonds is 12. The van der Waals surface area contributed by atoms with Gasteiger partial charge in [0.15, 0.2) is 0 Å². The third-order valence-electron chi connectivity index (χ3n) is 2.93. The third kappa shape index (κ3) is 14.7. The summed E-state index contributed by atoms with van der Waals surface area (Å²) >= 11 is 1.39. The monoisotopic (exact) mass is 220 g/mol. The van der Waals surface area contributed by atoms with Crippen molar-refractivity contribution in [3.63, 3.8) is 0 Å². The number of hydrogen-bond acceptors (Lipinski definition) is 1. The van der Waals surface area contributed by atoms with Crippen molar-refractivity contribution < 1.29 is 4.79 Å². The van der Waals surface area contributed by atoms with E-state index in [0.717, 1.165) is 19.1 Å². The topological polar surface area (TPSA) is 17.1 Å². The standard InChI is InChI=1S/C13H25O.Na/c1-2-3-4-5-6-7-8-9-10-11-12-13-14;/h13H,1-12H2;. The molecule has 2 heteroatoms. The first-order chi connectivity index (χ1) is 7.41. The Hall–Kier alpha value is 0.670. The Morgan fingerprint density at radius 3 is 1.47 bits per heavy atom. The van der Waals surface area contributed by atoms with Crippen molar-refractivity contribution in [1.29, 1.82) is 0 Å². The van der Waals surface area contributed by atoms with Gasteiger partial charge in [0.2, 0.25) is 0 Å². The summed E-state index contributed by atoms with van der Waals surface area (Å²) in [6, 6.07) is 0. The molecular formula is C13H25NaO. The van der Waals surface area contributed by atoms with Crippen LogP contribution in [0.25, 0.3) is 0 Å². The Bertz CT molecular complexity index is 126. The normalized spacial score (nSPS) is 10.5. The zero-order chi connectivity index (χ0) is 11.2. The molecule has 0 aliphatic carbocycles. The number of unbranched alkanes of at least 4 members (excludes halogenated alkanes) is 10. The van der Waals surface area contributed by atoms with Crippen LogP contribution in [-0.2, 0) is 4.79 Å². The van der Waals surface area contributed by atoms with Gasteiger partial charge in [0.1, 0.15) is 6.29 Å². The number of hydrogen-bond donors (Lipinski definition) is 0. The molecule has 0 aromatic heterocycles. The molecule has 84 valence electrons. The molecule has 0 spiro atoms. The minimum atomic E-state index is 0.764. The van der Waals surface area contributed by atoms with E-state index < -0.39 is 0 Å². The van der Waals surface area contributed by atoms with Crippen LogP contribution in [-0.4, -0.2) is 34.2 Å². The van der Waals surface area contributed by atoms with E-state index in [4.69, 9.17) is 0 Å². The van der Waals surface area contributed by atoms with Gasteiger partial charge in [0, 0.05) is 0 Å². The van der Waals surface area contributed by atoms with Gasteiger partial charge in [-0.3, -0.25) is 0 Å². The molecule has 0 bridgehead atoms. The van der Waals surface area contributed by atoms with Crippen LogP contribution in [0.1, 0.15) is 70.6 Å². The van der Waals surface area contributed by atoms with Crippen molar-refractivity contribution in [3.8, 4) is 0 Å². The molecule has 1 nitrogen and oxygen atoms in total. The van der Waals surface area contributed by atoms with Crippen LogP contribution in [0.4, 0.5) is 0 Å². The van der Waals surface area contributed by atoms with Crippen molar-refractivity contribution in [2.75, 3.05) is 0 Å². The Kier molecular flexibility index (Phi) is 15.3. The van der Waals surface area contributed by atoms with Crippen LogP contribution in [0.3, 0.4) is 0 Å². The molecule has 0 aromatic rings. The van der Waals surface area contributed by atoms with Crippen molar-refractivity contribution in [3.05, 3.63) is 0 Å². The Labute approximate surface area is 113 Å². The summed E-state index contributed by atoms with van der Waals surface area (Å²) in [4.78, 5) is 10.1. The minimum absolute atomic E-state index is 0.764. The van der Waals surface area contributed by atoms with Crippen LogP contribution < -0.4 is 0 Å². The van der Waals surface area contributed by atoms with Gasteiger partial charge < -0.3 is 4.79 Å². The Morgan fingerprint density at radius 2 is 1.07 bits per heavy atom. The summed E-state index contributed by atoms with van der Waals surface area (Å²) in [5.74, 6) is 0. The van der Waals surface area contributed by atoms with E-state index in [-0.39, 0.29) is 0 Å². The van der Waals surface area contributed by atoms with E-state index in [1.165, 1.54) is 89.4 Å². The fourth-order valence-electron chi connectivity index (χ4n) is 1.89. The number of carbonyl (C=O) groups is 1. The second-order valence-electron chi connectivity index (χ2n) is 4.49. The molecule has 0 atom stereocenters. The predicted octanol–water partition coefficient (Wildman–Crippen LogP) is 4.06. The first kappa shape index (κ1) is 15.7. The molecule has 0 aliphatic heterocycles. The van der Waals surface area contributed by atoms with E-state index in [0.29, 0.717) is 0 Å². The average Bonchev–Trinajstić information content (AvgIpc) is 2.26. The fraction of sp³-hybridized carbons (Fsp3) is 0.923. The molecular weight excluding hydrogens is 195 g/mol. The Balaban J connectivity index is 2.83. The molecule has 0 N–H and O–H groups in total. The van der Waals surface area contributed by atoms with Gasteiger partial charge >= 0.3 is 102 Å². The van der Waals surface area contributed by atoms with Crippen LogP contribution >= 0.6 is 0 Å². The third-order valence-corrected chi connectivity index (χ3v) is 3.63.